The van der Waals surface area contributed by atoms with E-state index in [0.29, 0.717) is 32.2 Å². The third-order valence-electron chi connectivity index (χ3n) is 5.22. The summed E-state index contributed by atoms with van der Waals surface area (Å²) in [4.78, 5) is 18.1. The number of halogens is 1. The number of amides is 1. The molecule has 0 spiro atoms. The summed E-state index contributed by atoms with van der Waals surface area (Å²) in [6.45, 7) is 4.25. The molecule has 1 aliphatic carbocycles. The van der Waals surface area contributed by atoms with Crippen molar-refractivity contribution in [2.24, 2.45) is 10.7 Å². The van der Waals surface area contributed by atoms with E-state index < -0.39 is 0 Å². The number of hydrogen-bond donors (Lipinski definition) is 2. The van der Waals surface area contributed by atoms with Gasteiger partial charge in [-0.3, -0.25) is 4.99 Å². The van der Waals surface area contributed by atoms with Crippen molar-refractivity contribution in [3.8, 4) is 0 Å². The highest BCUT2D eigenvalue weighted by Crippen LogP contribution is 2.48. The van der Waals surface area contributed by atoms with Crippen LogP contribution in [0.15, 0.2) is 29.3 Å². The molecule has 1 heterocycles. The maximum atomic E-state index is 11.7. The Bertz CT molecular complexity index is 667. The van der Waals surface area contributed by atoms with Gasteiger partial charge < -0.3 is 20.7 Å². The van der Waals surface area contributed by atoms with Gasteiger partial charge in [0.15, 0.2) is 5.96 Å². The highest BCUT2D eigenvalue weighted by atomic mass is 35.5. The van der Waals surface area contributed by atoms with Crippen LogP contribution in [0.2, 0.25) is 5.02 Å². The average Bonchev–Trinajstić information content (AvgIpc) is 3.42. The number of likely N-dealkylation sites (tertiary alicyclic amines) is 1. The topological polar surface area (TPSA) is 80.0 Å². The van der Waals surface area contributed by atoms with Crippen LogP contribution in [-0.2, 0) is 10.2 Å². The van der Waals surface area contributed by atoms with Crippen LogP contribution < -0.4 is 11.1 Å². The molecule has 1 aromatic rings. The van der Waals surface area contributed by atoms with E-state index in [1.165, 1.54) is 5.56 Å². The Morgan fingerprint density at radius 2 is 2.15 bits per heavy atom. The van der Waals surface area contributed by atoms with Crippen LogP contribution in [0.25, 0.3) is 0 Å². The van der Waals surface area contributed by atoms with Gasteiger partial charge in [-0.25, -0.2) is 4.79 Å². The molecule has 0 aromatic heterocycles. The minimum Gasteiger partial charge on any atom is -0.450 e. The maximum absolute atomic E-state index is 11.7. The second-order valence-electron chi connectivity index (χ2n) is 7.10. The van der Waals surface area contributed by atoms with Gasteiger partial charge in [-0.1, -0.05) is 23.7 Å². The Kier molecular flexibility index (Phi) is 5.91. The molecule has 0 bridgehead atoms. The van der Waals surface area contributed by atoms with Gasteiger partial charge in [0.2, 0.25) is 0 Å². The van der Waals surface area contributed by atoms with E-state index >= 15 is 0 Å². The number of nitrogens with two attached hydrogens (primary N) is 1. The van der Waals surface area contributed by atoms with Gasteiger partial charge in [0, 0.05) is 29.6 Å². The van der Waals surface area contributed by atoms with Gasteiger partial charge in [0.25, 0.3) is 0 Å². The number of guanidine groups is 1. The van der Waals surface area contributed by atoms with Crippen molar-refractivity contribution in [1.82, 2.24) is 10.2 Å². The highest BCUT2D eigenvalue weighted by molar-refractivity contribution is 6.30. The molecule has 1 saturated carbocycles. The lowest BCUT2D eigenvalue weighted by atomic mass is 9.96. The van der Waals surface area contributed by atoms with Crippen LogP contribution in [0, 0.1) is 0 Å². The van der Waals surface area contributed by atoms with Crippen LogP contribution in [0.4, 0.5) is 4.79 Å². The first kappa shape index (κ1) is 18.8. The minimum absolute atomic E-state index is 0.0878. The Balaban J connectivity index is 1.48. The molecule has 26 heavy (non-hydrogen) atoms. The number of benzene rings is 1. The van der Waals surface area contributed by atoms with E-state index in [1.54, 1.807) is 4.90 Å². The number of hydrogen-bond acceptors (Lipinski definition) is 3. The Morgan fingerprint density at radius 1 is 1.42 bits per heavy atom. The van der Waals surface area contributed by atoms with Crippen molar-refractivity contribution in [3.05, 3.63) is 34.9 Å². The second-order valence-corrected chi connectivity index (χ2v) is 7.53. The van der Waals surface area contributed by atoms with Gasteiger partial charge in [-0.15, -0.1) is 0 Å². The first-order valence-electron chi connectivity index (χ1n) is 9.26. The zero-order chi connectivity index (χ0) is 18.6. The molecular weight excluding hydrogens is 352 g/mol. The minimum atomic E-state index is -0.232. The largest absolute Gasteiger partial charge is 0.450 e. The standard InChI is InChI=1S/C19H27ClN4O2/c1-2-26-18(25)24-10-6-16(7-11-24)23-17(21)22-13-19(8-9-19)14-4-3-5-15(20)12-14/h3-5,12,16H,2,6-11,13H2,1H3,(H3,21,22,23). The Morgan fingerprint density at radius 3 is 2.77 bits per heavy atom. The van der Waals surface area contributed by atoms with Crippen molar-refractivity contribution in [1.29, 1.82) is 0 Å². The van der Waals surface area contributed by atoms with Crippen LogP contribution in [0.3, 0.4) is 0 Å². The van der Waals surface area contributed by atoms with E-state index in [2.05, 4.69) is 16.4 Å². The van der Waals surface area contributed by atoms with Crippen molar-refractivity contribution in [3.63, 3.8) is 0 Å². The third-order valence-corrected chi connectivity index (χ3v) is 5.45. The molecule has 142 valence electrons. The lowest BCUT2D eigenvalue weighted by Crippen LogP contribution is -2.48. The average molecular weight is 379 g/mol. The van der Waals surface area contributed by atoms with Gasteiger partial charge in [0.05, 0.1) is 13.2 Å². The molecule has 3 rings (SSSR count). The van der Waals surface area contributed by atoms with Gasteiger partial charge in [-0.05, 0) is 50.3 Å². The number of carbonyl (C=O) groups is 1. The number of piperidine rings is 1. The van der Waals surface area contributed by atoms with Crippen molar-refractivity contribution in [2.45, 2.75) is 44.1 Å². The number of rotatable bonds is 5. The molecule has 1 amide bonds. The summed E-state index contributed by atoms with van der Waals surface area (Å²) in [6, 6.07) is 8.26. The third kappa shape index (κ3) is 4.61. The van der Waals surface area contributed by atoms with Gasteiger partial charge in [0.1, 0.15) is 0 Å². The fourth-order valence-corrected chi connectivity index (χ4v) is 3.61. The molecule has 0 atom stereocenters. The van der Waals surface area contributed by atoms with E-state index in [0.717, 1.165) is 30.7 Å². The number of aliphatic imine (C=N–C) groups is 1. The summed E-state index contributed by atoms with van der Waals surface area (Å²) < 4.78 is 5.04. The predicted molar refractivity (Wildman–Crippen MR) is 104 cm³/mol. The smallest absolute Gasteiger partial charge is 0.409 e. The van der Waals surface area contributed by atoms with Crippen LogP contribution >= 0.6 is 11.6 Å². The zero-order valence-corrected chi connectivity index (χ0v) is 16.0. The number of ether oxygens (including phenoxy) is 1. The summed E-state index contributed by atoms with van der Waals surface area (Å²) in [5.41, 5.74) is 7.43. The number of carbonyl (C=O) groups excluding carboxylic acids is 1. The molecule has 2 fully saturated rings. The van der Waals surface area contributed by atoms with Crippen LogP contribution in [-0.4, -0.2) is 49.2 Å². The molecule has 6 nitrogen and oxygen atoms in total. The van der Waals surface area contributed by atoms with Gasteiger partial charge >= 0.3 is 6.09 Å². The SMILES string of the molecule is CCOC(=O)N1CCC(NC(N)=NCC2(c3cccc(Cl)c3)CC2)CC1. The summed E-state index contributed by atoms with van der Waals surface area (Å²) >= 11 is 6.11. The van der Waals surface area contributed by atoms with Crippen molar-refractivity contribution in [2.75, 3.05) is 26.2 Å². The summed E-state index contributed by atoms with van der Waals surface area (Å²) in [5, 5.41) is 4.06. The van der Waals surface area contributed by atoms with Crippen LogP contribution in [0.1, 0.15) is 38.2 Å². The quantitative estimate of drug-likeness (QED) is 0.609. The van der Waals surface area contributed by atoms with Crippen molar-refractivity contribution < 1.29 is 9.53 Å². The summed E-state index contributed by atoms with van der Waals surface area (Å²) in [6.07, 6.45) is 3.68. The summed E-state index contributed by atoms with van der Waals surface area (Å²) in [5.74, 6) is 0.480. The molecule has 0 unspecified atom stereocenters. The van der Waals surface area contributed by atoms with Gasteiger partial charge in [-0.2, -0.15) is 0 Å². The highest BCUT2D eigenvalue weighted by Gasteiger charge is 2.44. The van der Waals surface area contributed by atoms with E-state index in [1.807, 2.05) is 25.1 Å². The molecule has 0 radical (unpaired) electrons. The predicted octanol–water partition coefficient (Wildman–Crippen LogP) is 2.90. The van der Waals surface area contributed by atoms with E-state index in [-0.39, 0.29) is 17.6 Å². The number of nitrogens with one attached hydrogen (secondary N) is 1. The van der Waals surface area contributed by atoms with Crippen molar-refractivity contribution >= 4 is 23.7 Å². The molecule has 1 aliphatic heterocycles. The molecule has 1 saturated heterocycles. The molecular formula is C19H27ClN4O2. The molecule has 1 aromatic carbocycles. The molecule has 2 aliphatic rings. The summed E-state index contributed by atoms with van der Waals surface area (Å²) in [7, 11) is 0. The molecule has 3 N–H and O–H groups in total. The first-order chi connectivity index (χ1) is 12.5. The maximum Gasteiger partial charge on any atom is 0.409 e. The fourth-order valence-electron chi connectivity index (χ4n) is 3.42. The lowest BCUT2D eigenvalue weighted by Gasteiger charge is -2.31. The number of nitrogens with zero attached hydrogens (tertiary/aromatic N) is 2. The lowest BCUT2D eigenvalue weighted by molar-refractivity contribution is 0.0963. The van der Waals surface area contributed by atoms with Crippen LogP contribution in [0.5, 0.6) is 0 Å². The first-order valence-corrected chi connectivity index (χ1v) is 9.64. The molecule has 7 heteroatoms. The normalized spacial score (nSPS) is 19.9. The van der Waals surface area contributed by atoms with E-state index in [4.69, 9.17) is 22.1 Å². The Hall–Kier alpha value is -1.95. The second kappa shape index (κ2) is 8.16. The monoisotopic (exact) mass is 378 g/mol. The van der Waals surface area contributed by atoms with E-state index in [9.17, 15) is 4.79 Å². The zero-order valence-electron chi connectivity index (χ0n) is 15.2. The Labute approximate surface area is 159 Å². The fraction of sp³-hybridized carbons (Fsp3) is 0.579.